The van der Waals surface area contributed by atoms with Gasteiger partial charge in [0.1, 0.15) is 0 Å². The highest BCUT2D eigenvalue weighted by atomic mass is 32.2. The maximum atomic E-state index is 12.0. The minimum atomic E-state index is -3.34. The van der Waals surface area contributed by atoms with Crippen molar-refractivity contribution in [1.29, 1.82) is 0 Å². The fourth-order valence-corrected chi connectivity index (χ4v) is 2.97. The quantitative estimate of drug-likeness (QED) is 0.873. The Hall–Kier alpha value is -1.07. The lowest BCUT2D eigenvalue weighted by Gasteiger charge is -2.17. The SMILES string of the molecule is CN(C)S(=O)(=O)c1ccc2c(c1)NCC2(C)C. The Bertz CT molecular complexity index is 548. The molecule has 5 heteroatoms. The highest BCUT2D eigenvalue weighted by Crippen LogP contribution is 2.37. The van der Waals surface area contributed by atoms with E-state index in [1.54, 1.807) is 26.2 Å². The molecule has 1 N–H and O–H groups in total. The fraction of sp³-hybridized carbons (Fsp3) is 0.500. The molecule has 0 spiro atoms. The smallest absolute Gasteiger partial charge is 0.242 e. The standard InChI is InChI=1S/C12H18N2O2S/c1-12(2)8-13-11-7-9(5-6-10(11)12)17(15,16)14(3)4/h5-7,13H,8H2,1-4H3. The van der Waals surface area contributed by atoms with E-state index in [4.69, 9.17) is 0 Å². The number of nitrogens with zero attached hydrogens (tertiary/aromatic N) is 1. The average molecular weight is 254 g/mol. The second-order valence-corrected chi connectivity index (χ2v) is 7.38. The summed E-state index contributed by atoms with van der Waals surface area (Å²) in [4.78, 5) is 0.339. The molecule has 0 bridgehead atoms. The van der Waals surface area contributed by atoms with Gasteiger partial charge in [0.15, 0.2) is 0 Å². The van der Waals surface area contributed by atoms with Gasteiger partial charge in [0.25, 0.3) is 0 Å². The largest absolute Gasteiger partial charge is 0.384 e. The summed E-state index contributed by atoms with van der Waals surface area (Å²) in [6.07, 6.45) is 0. The van der Waals surface area contributed by atoms with Gasteiger partial charge >= 0.3 is 0 Å². The van der Waals surface area contributed by atoms with E-state index in [0.29, 0.717) is 4.90 Å². The maximum absolute atomic E-state index is 12.0. The molecule has 1 aromatic carbocycles. The van der Waals surface area contributed by atoms with E-state index in [-0.39, 0.29) is 5.41 Å². The molecule has 0 aromatic heterocycles. The molecule has 17 heavy (non-hydrogen) atoms. The van der Waals surface area contributed by atoms with E-state index in [2.05, 4.69) is 19.2 Å². The van der Waals surface area contributed by atoms with Crippen LogP contribution >= 0.6 is 0 Å². The molecule has 1 heterocycles. The van der Waals surface area contributed by atoms with Crippen molar-refractivity contribution in [1.82, 2.24) is 4.31 Å². The van der Waals surface area contributed by atoms with Crippen LogP contribution in [0.3, 0.4) is 0 Å². The molecule has 0 saturated heterocycles. The predicted octanol–water partition coefficient (Wildman–Crippen LogP) is 1.64. The highest BCUT2D eigenvalue weighted by Gasteiger charge is 2.31. The third-order valence-electron chi connectivity index (χ3n) is 3.22. The predicted molar refractivity (Wildman–Crippen MR) is 68.8 cm³/mol. The van der Waals surface area contributed by atoms with Gasteiger partial charge in [-0.15, -0.1) is 0 Å². The number of sulfonamides is 1. The van der Waals surface area contributed by atoms with E-state index < -0.39 is 10.0 Å². The van der Waals surface area contributed by atoms with Crippen LogP contribution in [0.5, 0.6) is 0 Å². The number of benzene rings is 1. The van der Waals surface area contributed by atoms with Crippen molar-refractivity contribution in [3.63, 3.8) is 0 Å². The molecule has 0 saturated carbocycles. The van der Waals surface area contributed by atoms with Gasteiger partial charge in [0.2, 0.25) is 10.0 Å². The van der Waals surface area contributed by atoms with Crippen LogP contribution in [0.2, 0.25) is 0 Å². The van der Waals surface area contributed by atoms with Crippen LogP contribution in [0.1, 0.15) is 19.4 Å². The van der Waals surface area contributed by atoms with E-state index in [0.717, 1.165) is 12.2 Å². The normalized spacial score (nSPS) is 17.9. The Kier molecular flexibility index (Phi) is 2.71. The molecule has 0 amide bonds. The molecule has 1 aromatic rings. The first-order valence-electron chi connectivity index (χ1n) is 5.56. The molecular formula is C12H18N2O2S. The van der Waals surface area contributed by atoms with Crippen LogP contribution in [-0.2, 0) is 15.4 Å². The number of hydrogen-bond acceptors (Lipinski definition) is 3. The van der Waals surface area contributed by atoms with Crippen LogP contribution in [-0.4, -0.2) is 33.4 Å². The van der Waals surface area contributed by atoms with Crippen molar-refractivity contribution in [3.05, 3.63) is 23.8 Å². The van der Waals surface area contributed by atoms with E-state index in [9.17, 15) is 8.42 Å². The zero-order valence-electron chi connectivity index (χ0n) is 10.6. The second-order valence-electron chi connectivity index (χ2n) is 5.23. The molecule has 0 fully saturated rings. The average Bonchev–Trinajstić information content (AvgIpc) is 2.54. The fourth-order valence-electron chi connectivity index (χ4n) is 2.04. The van der Waals surface area contributed by atoms with Gasteiger partial charge in [-0.1, -0.05) is 19.9 Å². The number of anilines is 1. The number of hydrogen-bond donors (Lipinski definition) is 1. The van der Waals surface area contributed by atoms with Crippen molar-refractivity contribution >= 4 is 15.7 Å². The van der Waals surface area contributed by atoms with Crippen molar-refractivity contribution in [2.45, 2.75) is 24.2 Å². The Morgan fingerprint density at radius 1 is 1.29 bits per heavy atom. The molecule has 0 radical (unpaired) electrons. The minimum Gasteiger partial charge on any atom is -0.384 e. The van der Waals surface area contributed by atoms with Crippen LogP contribution in [0, 0.1) is 0 Å². The zero-order valence-corrected chi connectivity index (χ0v) is 11.4. The summed E-state index contributed by atoms with van der Waals surface area (Å²) in [6.45, 7) is 5.13. The second kappa shape index (κ2) is 3.71. The molecule has 1 aliphatic heterocycles. The number of nitrogens with one attached hydrogen (secondary N) is 1. The van der Waals surface area contributed by atoms with Crippen LogP contribution in [0.4, 0.5) is 5.69 Å². The lowest BCUT2D eigenvalue weighted by atomic mass is 9.87. The molecule has 0 aliphatic carbocycles. The summed E-state index contributed by atoms with van der Waals surface area (Å²) in [6, 6.07) is 5.31. The molecular weight excluding hydrogens is 236 g/mol. The van der Waals surface area contributed by atoms with E-state index >= 15 is 0 Å². The van der Waals surface area contributed by atoms with Gasteiger partial charge in [-0.25, -0.2) is 12.7 Å². The number of fused-ring (bicyclic) bond motifs is 1. The Balaban J connectivity index is 2.51. The van der Waals surface area contributed by atoms with E-state index in [1.807, 2.05) is 6.07 Å². The van der Waals surface area contributed by atoms with Gasteiger partial charge in [-0.05, 0) is 17.7 Å². The summed E-state index contributed by atoms with van der Waals surface area (Å²) in [5.41, 5.74) is 2.17. The maximum Gasteiger partial charge on any atom is 0.242 e. The van der Waals surface area contributed by atoms with Gasteiger partial charge in [-0.3, -0.25) is 0 Å². The van der Waals surface area contributed by atoms with Gasteiger partial charge < -0.3 is 5.32 Å². The van der Waals surface area contributed by atoms with Crippen molar-refractivity contribution in [2.75, 3.05) is 26.0 Å². The summed E-state index contributed by atoms with van der Waals surface area (Å²) >= 11 is 0. The molecule has 0 atom stereocenters. The third-order valence-corrected chi connectivity index (χ3v) is 5.03. The lowest BCUT2D eigenvalue weighted by molar-refractivity contribution is 0.520. The van der Waals surface area contributed by atoms with Crippen molar-refractivity contribution < 1.29 is 8.42 Å². The van der Waals surface area contributed by atoms with Crippen LogP contribution < -0.4 is 5.32 Å². The van der Waals surface area contributed by atoms with E-state index in [1.165, 1.54) is 9.87 Å². The Labute approximate surface area is 103 Å². The first kappa shape index (κ1) is 12.4. The molecule has 2 rings (SSSR count). The first-order valence-corrected chi connectivity index (χ1v) is 7.00. The monoisotopic (exact) mass is 254 g/mol. The summed E-state index contributed by atoms with van der Waals surface area (Å²) in [5.74, 6) is 0. The van der Waals surface area contributed by atoms with Gasteiger partial charge in [-0.2, -0.15) is 0 Å². The summed E-state index contributed by atoms with van der Waals surface area (Å²) in [5, 5.41) is 3.26. The summed E-state index contributed by atoms with van der Waals surface area (Å²) in [7, 11) is -0.259. The van der Waals surface area contributed by atoms with Gasteiger partial charge in [0.05, 0.1) is 4.90 Å². The third kappa shape index (κ3) is 1.93. The van der Waals surface area contributed by atoms with Crippen LogP contribution in [0.25, 0.3) is 0 Å². The van der Waals surface area contributed by atoms with Gasteiger partial charge in [0, 0.05) is 31.7 Å². The zero-order chi connectivity index (χ0) is 12.8. The van der Waals surface area contributed by atoms with Crippen LogP contribution in [0.15, 0.2) is 23.1 Å². The Morgan fingerprint density at radius 3 is 2.53 bits per heavy atom. The topological polar surface area (TPSA) is 49.4 Å². The first-order chi connectivity index (χ1) is 7.75. The van der Waals surface area contributed by atoms with Crippen molar-refractivity contribution in [3.8, 4) is 0 Å². The minimum absolute atomic E-state index is 0.0652. The highest BCUT2D eigenvalue weighted by molar-refractivity contribution is 7.89. The lowest BCUT2D eigenvalue weighted by Crippen LogP contribution is -2.22. The molecule has 0 unspecified atom stereocenters. The number of rotatable bonds is 2. The molecule has 4 nitrogen and oxygen atoms in total. The molecule has 94 valence electrons. The Morgan fingerprint density at radius 2 is 1.94 bits per heavy atom. The summed E-state index contributed by atoms with van der Waals surface area (Å²) < 4.78 is 25.2. The van der Waals surface area contributed by atoms with Crippen molar-refractivity contribution in [2.24, 2.45) is 0 Å². The molecule has 1 aliphatic rings.